The number of hydrogen-bond donors (Lipinski definition) is 1. The molecule has 1 fully saturated rings. The molecule has 0 unspecified atom stereocenters. The fraction of sp³-hybridized carbons (Fsp3) is 0.500. The molecule has 0 radical (unpaired) electrons. The highest BCUT2D eigenvalue weighted by molar-refractivity contribution is 5.97. The van der Waals surface area contributed by atoms with Gasteiger partial charge in [0.1, 0.15) is 5.75 Å². The monoisotopic (exact) mass is 286 g/mol. The summed E-state index contributed by atoms with van der Waals surface area (Å²) in [4.78, 5) is 12.1. The van der Waals surface area contributed by atoms with Crippen LogP contribution in [0.1, 0.15) is 44.6 Å². The van der Waals surface area contributed by atoms with Crippen LogP contribution in [-0.2, 0) is 10.2 Å². The number of methoxy groups -OCH3 is 1. The number of ketones is 1. The normalized spacial score (nSPS) is 29.3. The molecule has 1 saturated carbocycles. The number of ether oxygens (including phenoxy) is 1. The SMILES string of the molecule is COc1ccc([C@]23CCC(=O)C(C)=C2CCC[C@@H]3O)cc1. The molecular formula is C18H22O3. The predicted molar refractivity (Wildman–Crippen MR) is 81.5 cm³/mol. The first kappa shape index (κ1) is 14.3. The Kier molecular flexibility index (Phi) is 3.62. The molecular weight excluding hydrogens is 264 g/mol. The van der Waals surface area contributed by atoms with Crippen molar-refractivity contribution in [2.75, 3.05) is 7.11 Å². The van der Waals surface area contributed by atoms with E-state index in [9.17, 15) is 9.90 Å². The Bertz CT molecular complexity index is 585. The van der Waals surface area contributed by atoms with Gasteiger partial charge in [-0.25, -0.2) is 0 Å². The summed E-state index contributed by atoms with van der Waals surface area (Å²) in [5.74, 6) is 1.05. The molecule has 0 saturated heterocycles. The molecule has 2 aliphatic rings. The second-order valence-electron chi connectivity index (χ2n) is 6.13. The molecule has 112 valence electrons. The highest BCUT2D eigenvalue weighted by atomic mass is 16.5. The smallest absolute Gasteiger partial charge is 0.158 e. The van der Waals surface area contributed by atoms with E-state index in [-0.39, 0.29) is 11.2 Å². The number of Topliss-reactive ketones (excluding diaryl/α,β-unsaturated/α-hetero) is 1. The van der Waals surface area contributed by atoms with Crippen molar-refractivity contribution in [3.05, 3.63) is 41.0 Å². The summed E-state index contributed by atoms with van der Waals surface area (Å²) in [5.41, 5.74) is 2.76. The minimum atomic E-state index is -0.405. The van der Waals surface area contributed by atoms with Crippen LogP contribution in [0.25, 0.3) is 0 Å². The van der Waals surface area contributed by atoms with E-state index < -0.39 is 6.10 Å². The minimum absolute atomic E-state index is 0.239. The van der Waals surface area contributed by atoms with Gasteiger partial charge >= 0.3 is 0 Å². The molecule has 1 aromatic rings. The zero-order valence-corrected chi connectivity index (χ0v) is 12.7. The Labute approximate surface area is 125 Å². The van der Waals surface area contributed by atoms with E-state index in [0.717, 1.165) is 41.7 Å². The summed E-state index contributed by atoms with van der Waals surface area (Å²) >= 11 is 0. The fourth-order valence-corrected chi connectivity index (χ4v) is 4.05. The molecule has 0 spiro atoms. The first-order valence-electron chi connectivity index (χ1n) is 7.65. The maximum atomic E-state index is 12.1. The van der Waals surface area contributed by atoms with Gasteiger partial charge in [0.25, 0.3) is 0 Å². The van der Waals surface area contributed by atoms with E-state index in [1.807, 2.05) is 31.2 Å². The third kappa shape index (κ3) is 2.11. The zero-order chi connectivity index (χ0) is 15.0. The number of allylic oxidation sites excluding steroid dienone is 1. The Morgan fingerprint density at radius 3 is 2.62 bits per heavy atom. The molecule has 3 rings (SSSR count). The van der Waals surface area contributed by atoms with E-state index in [1.54, 1.807) is 7.11 Å². The molecule has 0 heterocycles. The van der Waals surface area contributed by atoms with Crippen LogP contribution >= 0.6 is 0 Å². The largest absolute Gasteiger partial charge is 0.497 e. The van der Waals surface area contributed by atoms with Crippen LogP contribution in [0, 0.1) is 0 Å². The van der Waals surface area contributed by atoms with E-state index in [4.69, 9.17) is 4.74 Å². The topological polar surface area (TPSA) is 46.5 Å². The second-order valence-corrected chi connectivity index (χ2v) is 6.13. The molecule has 0 aliphatic heterocycles. The van der Waals surface area contributed by atoms with Crippen LogP contribution in [0.4, 0.5) is 0 Å². The summed E-state index contributed by atoms with van der Waals surface area (Å²) in [7, 11) is 1.65. The summed E-state index contributed by atoms with van der Waals surface area (Å²) in [6.45, 7) is 1.92. The van der Waals surface area contributed by atoms with Crippen molar-refractivity contribution in [3.8, 4) is 5.75 Å². The first-order valence-corrected chi connectivity index (χ1v) is 7.65. The average Bonchev–Trinajstić information content (AvgIpc) is 2.52. The Hall–Kier alpha value is -1.61. The number of benzene rings is 1. The average molecular weight is 286 g/mol. The van der Waals surface area contributed by atoms with Gasteiger partial charge < -0.3 is 9.84 Å². The van der Waals surface area contributed by atoms with Crippen molar-refractivity contribution in [3.63, 3.8) is 0 Å². The quantitative estimate of drug-likeness (QED) is 0.908. The maximum Gasteiger partial charge on any atom is 0.158 e. The Morgan fingerprint density at radius 1 is 1.24 bits per heavy atom. The standard InChI is InChI=1S/C18H22O3/c1-12-15-4-3-5-17(20)18(15,11-10-16(12)19)13-6-8-14(21-2)9-7-13/h6-9,17,20H,3-5,10-11H2,1-2H3/t17-,18+/m0/s1. The van der Waals surface area contributed by atoms with Gasteiger partial charge in [-0.15, -0.1) is 0 Å². The van der Waals surface area contributed by atoms with Crippen LogP contribution in [0.5, 0.6) is 5.75 Å². The number of carbonyl (C=O) groups is 1. The summed E-state index contributed by atoms with van der Waals surface area (Å²) in [5, 5.41) is 10.8. The first-order chi connectivity index (χ1) is 10.1. The van der Waals surface area contributed by atoms with Gasteiger partial charge in [-0.3, -0.25) is 4.79 Å². The second kappa shape index (κ2) is 5.30. The molecule has 1 aromatic carbocycles. The van der Waals surface area contributed by atoms with Crippen LogP contribution in [0.3, 0.4) is 0 Å². The Morgan fingerprint density at radius 2 is 1.95 bits per heavy atom. The molecule has 0 aromatic heterocycles. The van der Waals surface area contributed by atoms with Crippen molar-refractivity contribution in [2.45, 2.75) is 50.5 Å². The highest BCUT2D eigenvalue weighted by Crippen LogP contribution is 2.50. The van der Waals surface area contributed by atoms with Gasteiger partial charge in [0, 0.05) is 11.8 Å². The van der Waals surface area contributed by atoms with E-state index >= 15 is 0 Å². The molecule has 3 nitrogen and oxygen atoms in total. The number of fused-ring (bicyclic) bond motifs is 1. The molecule has 3 heteroatoms. The third-order valence-corrected chi connectivity index (χ3v) is 5.23. The summed E-state index contributed by atoms with van der Waals surface area (Å²) in [6, 6.07) is 7.95. The number of aliphatic hydroxyl groups is 1. The van der Waals surface area contributed by atoms with E-state index in [2.05, 4.69) is 0 Å². The summed E-state index contributed by atoms with van der Waals surface area (Å²) in [6.07, 6.45) is 3.51. The van der Waals surface area contributed by atoms with Crippen molar-refractivity contribution in [1.82, 2.24) is 0 Å². The molecule has 1 N–H and O–H groups in total. The van der Waals surface area contributed by atoms with Gasteiger partial charge in [-0.2, -0.15) is 0 Å². The minimum Gasteiger partial charge on any atom is -0.497 e. The van der Waals surface area contributed by atoms with Crippen LogP contribution in [0.15, 0.2) is 35.4 Å². The molecule has 0 bridgehead atoms. The van der Waals surface area contributed by atoms with Crippen molar-refractivity contribution >= 4 is 5.78 Å². The van der Waals surface area contributed by atoms with E-state index in [0.29, 0.717) is 12.8 Å². The Balaban J connectivity index is 2.15. The highest BCUT2D eigenvalue weighted by Gasteiger charge is 2.48. The van der Waals surface area contributed by atoms with Gasteiger partial charge in [0.15, 0.2) is 5.78 Å². The predicted octanol–water partition coefficient (Wildman–Crippen LogP) is 3.16. The number of rotatable bonds is 2. The molecule has 2 atom stereocenters. The number of carbonyl (C=O) groups excluding carboxylic acids is 1. The molecule has 0 amide bonds. The third-order valence-electron chi connectivity index (χ3n) is 5.23. The van der Waals surface area contributed by atoms with Crippen molar-refractivity contribution < 1.29 is 14.6 Å². The number of hydrogen-bond acceptors (Lipinski definition) is 3. The van der Waals surface area contributed by atoms with Crippen molar-refractivity contribution in [1.29, 1.82) is 0 Å². The lowest BCUT2D eigenvalue weighted by atomic mass is 9.58. The molecule has 2 aliphatic carbocycles. The molecule has 21 heavy (non-hydrogen) atoms. The summed E-state index contributed by atoms with van der Waals surface area (Å²) < 4.78 is 5.23. The van der Waals surface area contributed by atoms with Crippen molar-refractivity contribution in [2.24, 2.45) is 0 Å². The number of aliphatic hydroxyl groups excluding tert-OH is 1. The van der Waals surface area contributed by atoms with Gasteiger partial charge in [0.2, 0.25) is 0 Å². The zero-order valence-electron chi connectivity index (χ0n) is 12.7. The van der Waals surface area contributed by atoms with E-state index in [1.165, 1.54) is 0 Å². The van der Waals surface area contributed by atoms with Gasteiger partial charge in [0.05, 0.1) is 13.2 Å². The van der Waals surface area contributed by atoms with Crippen LogP contribution < -0.4 is 4.74 Å². The lowest BCUT2D eigenvalue weighted by molar-refractivity contribution is -0.117. The van der Waals surface area contributed by atoms with Crippen LogP contribution in [-0.4, -0.2) is 24.1 Å². The fourth-order valence-electron chi connectivity index (χ4n) is 4.05. The lowest BCUT2D eigenvalue weighted by Crippen LogP contribution is -2.47. The maximum absolute atomic E-state index is 12.1. The van der Waals surface area contributed by atoms with Gasteiger partial charge in [-0.1, -0.05) is 17.7 Å². The lowest BCUT2D eigenvalue weighted by Gasteiger charge is -2.47. The van der Waals surface area contributed by atoms with Crippen LogP contribution in [0.2, 0.25) is 0 Å². The van der Waals surface area contributed by atoms with Gasteiger partial charge in [-0.05, 0) is 55.9 Å².